The van der Waals surface area contributed by atoms with Gasteiger partial charge in [-0.25, -0.2) is 4.79 Å². The average Bonchev–Trinajstić information content (AvgIpc) is 2.53. The second-order valence-electron chi connectivity index (χ2n) is 4.28. The first-order valence-corrected chi connectivity index (χ1v) is 6.12. The first-order valence-electron chi connectivity index (χ1n) is 6.12. The van der Waals surface area contributed by atoms with Crippen molar-refractivity contribution in [2.45, 2.75) is 0 Å². The van der Waals surface area contributed by atoms with E-state index in [1.165, 1.54) is 6.08 Å². The fourth-order valence-corrected chi connectivity index (χ4v) is 1.75. The number of allylic oxidation sites excluding steroid dienone is 1. The summed E-state index contributed by atoms with van der Waals surface area (Å²) >= 11 is 0. The summed E-state index contributed by atoms with van der Waals surface area (Å²) in [7, 11) is 0. The van der Waals surface area contributed by atoms with Gasteiger partial charge in [0.15, 0.2) is 0 Å². The first-order chi connectivity index (χ1) is 10.1. The van der Waals surface area contributed by atoms with Gasteiger partial charge in [-0.1, -0.05) is 12.6 Å². The molecular formula is C16H13N3O2. The van der Waals surface area contributed by atoms with E-state index in [0.717, 1.165) is 17.3 Å². The molecule has 2 heterocycles. The Labute approximate surface area is 121 Å². The number of hydrogen-bond donors (Lipinski definition) is 2. The van der Waals surface area contributed by atoms with Crippen LogP contribution in [0.3, 0.4) is 0 Å². The molecule has 0 aliphatic rings. The topological polar surface area (TPSA) is 86.9 Å². The average molecular weight is 279 g/mol. The Morgan fingerprint density at radius 3 is 2.62 bits per heavy atom. The SMILES string of the molecule is C=C(/C=C(\C=N)c1cncc(-c2cccnc2)c1)C(=O)O. The summed E-state index contributed by atoms with van der Waals surface area (Å²) in [6, 6.07) is 5.55. The van der Waals surface area contributed by atoms with Crippen molar-refractivity contribution in [3.63, 3.8) is 0 Å². The fourth-order valence-electron chi connectivity index (χ4n) is 1.75. The fraction of sp³-hybridized carbons (Fsp3) is 0. The normalized spacial score (nSPS) is 11.0. The summed E-state index contributed by atoms with van der Waals surface area (Å²) < 4.78 is 0. The third kappa shape index (κ3) is 3.48. The molecule has 0 saturated carbocycles. The number of pyridine rings is 2. The number of hydrogen-bond acceptors (Lipinski definition) is 4. The van der Waals surface area contributed by atoms with Gasteiger partial charge in [-0.3, -0.25) is 9.97 Å². The standard InChI is InChI=1S/C16H13N3O2/c1-11(16(20)21)5-13(7-17)15-6-14(9-19-10-15)12-3-2-4-18-8-12/h2-10,17H,1H2,(H,20,21)/b13-5+,17-7?. The highest BCUT2D eigenvalue weighted by Crippen LogP contribution is 2.21. The van der Waals surface area contributed by atoms with E-state index < -0.39 is 5.97 Å². The third-order valence-corrected chi connectivity index (χ3v) is 2.83. The number of nitrogens with zero attached hydrogens (tertiary/aromatic N) is 2. The second-order valence-corrected chi connectivity index (χ2v) is 4.28. The number of nitrogens with one attached hydrogen (secondary N) is 1. The van der Waals surface area contributed by atoms with Gasteiger partial charge in [-0.2, -0.15) is 0 Å². The predicted octanol–water partition coefficient (Wildman–Crippen LogP) is 2.82. The molecule has 0 fully saturated rings. The number of carboxylic acids is 1. The van der Waals surface area contributed by atoms with Gasteiger partial charge in [0.05, 0.1) is 5.57 Å². The summed E-state index contributed by atoms with van der Waals surface area (Å²) in [4.78, 5) is 19.0. The van der Waals surface area contributed by atoms with Gasteiger partial charge >= 0.3 is 5.97 Å². The van der Waals surface area contributed by atoms with Gasteiger partial charge in [-0.15, -0.1) is 0 Å². The van der Waals surface area contributed by atoms with Crippen LogP contribution in [-0.2, 0) is 4.79 Å². The lowest BCUT2D eigenvalue weighted by Crippen LogP contribution is -1.98. The Hall–Kier alpha value is -3.08. The molecule has 2 N–H and O–H groups in total. The number of rotatable bonds is 5. The molecule has 5 nitrogen and oxygen atoms in total. The molecule has 104 valence electrons. The van der Waals surface area contributed by atoms with Crippen LogP contribution < -0.4 is 0 Å². The van der Waals surface area contributed by atoms with Gasteiger partial charge in [0, 0.05) is 53.3 Å². The van der Waals surface area contributed by atoms with Crippen LogP contribution in [0, 0.1) is 5.41 Å². The van der Waals surface area contributed by atoms with Crippen LogP contribution in [0.5, 0.6) is 0 Å². The van der Waals surface area contributed by atoms with E-state index in [-0.39, 0.29) is 5.57 Å². The molecule has 0 aromatic carbocycles. The maximum absolute atomic E-state index is 10.8. The van der Waals surface area contributed by atoms with Crippen molar-refractivity contribution >= 4 is 17.8 Å². The molecule has 0 aliphatic heterocycles. The quantitative estimate of drug-likeness (QED) is 0.500. The number of aromatic nitrogens is 2. The molecule has 0 radical (unpaired) electrons. The number of aliphatic carboxylic acids is 1. The van der Waals surface area contributed by atoms with Gasteiger partial charge in [0.1, 0.15) is 0 Å². The molecule has 2 aromatic rings. The van der Waals surface area contributed by atoms with E-state index in [1.54, 1.807) is 24.8 Å². The van der Waals surface area contributed by atoms with Crippen LogP contribution in [0.2, 0.25) is 0 Å². The van der Waals surface area contributed by atoms with Crippen molar-refractivity contribution in [3.8, 4) is 11.1 Å². The molecule has 0 aliphatic carbocycles. The Kier molecular flexibility index (Phi) is 4.36. The highest BCUT2D eigenvalue weighted by atomic mass is 16.4. The van der Waals surface area contributed by atoms with E-state index in [0.29, 0.717) is 11.1 Å². The Bertz CT molecular complexity index is 721. The van der Waals surface area contributed by atoms with E-state index in [9.17, 15) is 4.79 Å². The zero-order valence-corrected chi connectivity index (χ0v) is 11.2. The molecule has 0 bridgehead atoms. The maximum atomic E-state index is 10.8. The van der Waals surface area contributed by atoms with Crippen LogP contribution in [0.15, 0.2) is 61.2 Å². The highest BCUT2D eigenvalue weighted by molar-refractivity contribution is 6.11. The lowest BCUT2D eigenvalue weighted by Gasteiger charge is -2.05. The van der Waals surface area contributed by atoms with Gasteiger partial charge in [-0.05, 0) is 18.2 Å². The third-order valence-electron chi connectivity index (χ3n) is 2.83. The Morgan fingerprint density at radius 1 is 1.24 bits per heavy atom. The van der Waals surface area contributed by atoms with Crippen molar-refractivity contribution in [1.29, 1.82) is 5.41 Å². The molecule has 2 aromatic heterocycles. The van der Waals surface area contributed by atoms with E-state index in [1.807, 2.05) is 18.2 Å². The Morgan fingerprint density at radius 2 is 2.00 bits per heavy atom. The van der Waals surface area contributed by atoms with Crippen molar-refractivity contribution in [2.75, 3.05) is 0 Å². The predicted molar refractivity (Wildman–Crippen MR) is 81.0 cm³/mol. The van der Waals surface area contributed by atoms with Gasteiger partial charge in [0.2, 0.25) is 0 Å². The molecule has 0 unspecified atom stereocenters. The largest absolute Gasteiger partial charge is 0.478 e. The summed E-state index contributed by atoms with van der Waals surface area (Å²) in [5, 5.41) is 16.3. The van der Waals surface area contributed by atoms with Crippen LogP contribution in [0.4, 0.5) is 0 Å². The highest BCUT2D eigenvalue weighted by Gasteiger charge is 2.06. The van der Waals surface area contributed by atoms with E-state index >= 15 is 0 Å². The number of carboxylic acid groups (broad SMARTS) is 1. The summed E-state index contributed by atoms with van der Waals surface area (Å²) in [5.74, 6) is -1.12. The van der Waals surface area contributed by atoms with Crippen molar-refractivity contribution in [1.82, 2.24) is 9.97 Å². The summed E-state index contributed by atoms with van der Waals surface area (Å²) in [5.41, 5.74) is 2.73. The van der Waals surface area contributed by atoms with Gasteiger partial charge < -0.3 is 10.5 Å². The van der Waals surface area contributed by atoms with Crippen LogP contribution >= 0.6 is 0 Å². The summed E-state index contributed by atoms with van der Waals surface area (Å²) in [6.07, 6.45) is 9.09. The molecule has 5 heteroatoms. The smallest absolute Gasteiger partial charge is 0.335 e. The van der Waals surface area contributed by atoms with E-state index in [4.69, 9.17) is 10.5 Å². The lowest BCUT2D eigenvalue weighted by atomic mass is 10.0. The monoisotopic (exact) mass is 279 g/mol. The summed E-state index contributed by atoms with van der Waals surface area (Å²) in [6.45, 7) is 3.44. The van der Waals surface area contributed by atoms with Crippen molar-refractivity contribution in [2.24, 2.45) is 0 Å². The molecule has 21 heavy (non-hydrogen) atoms. The van der Waals surface area contributed by atoms with Crippen molar-refractivity contribution < 1.29 is 9.90 Å². The minimum absolute atomic E-state index is 0.0831. The second kappa shape index (κ2) is 6.38. The molecule has 0 saturated heterocycles. The van der Waals surface area contributed by atoms with Crippen LogP contribution in [0.1, 0.15) is 5.56 Å². The minimum atomic E-state index is -1.12. The lowest BCUT2D eigenvalue weighted by molar-refractivity contribution is -0.132. The zero-order chi connectivity index (χ0) is 15.2. The minimum Gasteiger partial charge on any atom is -0.478 e. The molecule has 0 amide bonds. The van der Waals surface area contributed by atoms with Gasteiger partial charge in [0.25, 0.3) is 0 Å². The van der Waals surface area contributed by atoms with Crippen LogP contribution in [-0.4, -0.2) is 27.3 Å². The maximum Gasteiger partial charge on any atom is 0.335 e. The first kappa shape index (κ1) is 14.3. The zero-order valence-electron chi connectivity index (χ0n) is 11.2. The molecular weight excluding hydrogens is 266 g/mol. The molecule has 0 atom stereocenters. The Balaban J connectivity index is 2.43. The molecule has 0 spiro atoms. The molecule has 2 rings (SSSR count). The van der Waals surface area contributed by atoms with Crippen molar-refractivity contribution in [3.05, 3.63) is 66.8 Å². The number of carbonyl (C=O) groups is 1. The van der Waals surface area contributed by atoms with Crippen LogP contribution in [0.25, 0.3) is 16.7 Å². The van der Waals surface area contributed by atoms with E-state index in [2.05, 4.69) is 16.5 Å².